The predicted octanol–water partition coefficient (Wildman–Crippen LogP) is 6.28. The van der Waals surface area contributed by atoms with Crippen molar-refractivity contribution in [2.24, 2.45) is 16.0 Å². The van der Waals surface area contributed by atoms with Gasteiger partial charge in [0.25, 0.3) is 5.56 Å². The van der Waals surface area contributed by atoms with Crippen molar-refractivity contribution in [3.63, 3.8) is 0 Å². The van der Waals surface area contributed by atoms with E-state index in [0.29, 0.717) is 5.82 Å². The maximum absolute atomic E-state index is 13.5. The van der Waals surface area contributed by atoms with Gasteiger partial charge in [-0.15, -0.1) is 0 Å². The number of nitrogens with zero attached hydrogens (tertiary/aromatic N) is 5. The third kappa shape index (κ3) is 6.40. The van der Waals surface area contributed by atoms with E-state index in [2.05, 4.69) is 70.6 Å². The van der Waals surface area contributed by atoms with Crippen LogP contribution in [0.1, 0.15) is 96.3 Å². The Labute approximate surface area is 199 Å². The van der Waals surface area contributed by atoms with Crippen molar-refractivity contribution in [1.29, 1.82) is 0 Å². The van der Waals surface area contributed by atoms with Crippen molar-refractivity contribution in [2.75, 3.05) is 18.0 Å². The third-order valence-electron chi connectivity index (χ3n) is 5.98. The summed E-state index contributed by atoms with van der Waals surface area (Å²) >= 11 is 0. The molecule has 180 valence electrons. The molecule has 0 N–H and O–H groups in total. The number of rotatable bonds is 10. The summed E-state index contributed by atoms with van der Waals surface area (Å²) in [6, 6.07) is 6.27. The maximum Gasteiger partial charge on any atom is 0.278 e. The second kappa shape index (κ2) is 11.9. The first-order valence-corrected chi connectivity index (χ1v) is 12.2. The molecule has 33 heavy (non-hydrogen) atoms. The first-order valence-electron chi connectivity index (χ1n) is 12.2. The Morgan fingerprint density at radius 2 is 1.73 bits per heavy atom. The van der Waals surface area contributed by atoms with Crippen LogP contribution in [0, 0.1) is 12.8 Å². The first kappa shape index (κ1) is 26.5. The molecule has 1 aromatic carbocycles. The molecular weight excluding hydrogens is 410 g/mol. The van der Waals surface area contributed by atoms with Gasteiger partial charge in [0, 0.05) is 30.6 Å². The van der Waals surface area contributed by atoms with Crippen LogP contribution in [0.2, 0.25) is 0 Å². The van der Waals surface area contributed by atoms with E-state index in [1.807, 2.05) is 26.1 Å². The lowest BCUT2D eigenvalue weighted by atomic mass is 9.96. The molecule has 6 nitrogen and oxygen atoms in total. The number of aliphatic imine (C=N–C) groups is 1. The predicted molar refractivity (Wildman–Crippen MR) is 142 cm³/mol. The molecule has 1 atom stereocenters. The van der Waals surface area contributed by atoms with Gasteiger partial charge < -0.3 is 4.90 Å². The Bertz CT molecular complexity index is 1050. The molecule has 0 saturated heterocycles. The van der Waals surface area contributed by atoms with Gasteiger partial charge >= 0.3 is 0 Å². The highest BCUT2D eigenvalue weighted by molar-refractivity contribution is 5.79. The lowest BCUT2D eigenvalue weighted by Gasteiger charge is -2.21. The van der Waals surface area contributed by atoms with E-state index in [0.717, 1.165) is 42.0 Å². The van der Waals surface area contributed by atoms with Crippen LogP contribution < -0.4 is 10.5 Å². The molecule has 0 amide bonds. The fraction of sp³-hybridized carbons (Fsp3) is 0.556. The van der Waals surface area contributed by atoms with Crippen molar-refractivity contribution in [2.45, 2.75) is 80.6 Å². The lowest BCUT2D eigenvalue weighted by Crippen LogP contribution is -2.29. The van der Waals surface area contributed by atoms with Crippen molar-refractivity contribution >= 4 is 23.8 Å². The van der Waals surface area contributed by atoms with Crippen LogP contribution in [0.4, 0.5) is 11.4 Å². The zero-order chi connectivity index (χ0) is 24.7. The molecule has 0 bridgehead atoms. The standard InChI is InChI=1S/C27H41N5O/c1-10-20(8)16-29-32-24(30-26(19(6)7)25(18(4)5)27(32)33)17-28-23-14-13-22(15-21(23)9)31(11-2)12-3/h13-20H,10-12H2,1-9H3/b28-17?,29-16+. The van der Waals surface area contributed by atoms with Crippen LogP contribution in [-0.2, 0) is 0 Å². The Morgan fingerprint density at radius 1 is 1.06 bits per heavy atom. The lowest BCUT2D eigenvalue weighted by molar-refractivity contribution is 0.671. The summed E-state index contributed by atoms with van der Waals surface area (Å²) < 4.78 is 1.41. The summed E-state index contributed by atoms with van der Waals surface area (Å²) in [4.78, 5) is 25.4. The Kier molecular flexibility index (Phi) is 9.56. The van der Waals surface area contributed by atoms with Gasteiger partial charge in [-0.1, -0.05) is 41.5 Å². The van der Waals surface area contributed by atoms with E-state index in [1.165, 1.54) is 10.4 Å². The van der Waals surface area contributed by atoms with Crippen LogP contribution in [0.15, 0.2) is 33.1 Å². The minimum Gasteiger partial charge on any atom is -0.372 e. The normalized spacial score (nSPS) is 13.1. The van der Waals surface area contributed by atoms with E-state index in [1.54, 1.807) is 6.21 Å². The van der Waals surface area contributed by atoms with Crippen LogP contribution in [-0.4, -0.2) is 35.2 Å². The van der Waals surface area contributed by atoms with Crippen molar-refractivity contribution in [3.8, 4) is 0 Å². The van der Waals surface area contributed by atoms with Gasteiger partial charge in [0.15, 0.2) is 5.82 Å². The molecule has 0 aliphatic carbocycles. The highest BCUT2D eigenvalue weighted by Gasteiger charge is 2.20. The number of aromatic nitrogens is 2. The summed E-state index contributed by atoms with van der Waals surface area (Å²) in [6.45, 7) is 20.7. The van der Waals surface area contributed by atoms with Crippen molar-refractivity contribution < 1.29 is 0 Å². The summed E-state index contributed by atoms with van der Waals surface area (Å²) in [7, 11) is 0. The molecule has 1 aromatic heterocycles. The average Bonchev–Trinajstić information content (AvgIpc) is 2.77. The van der Waals surface area contributed by atoms with Crippen molar-refractivity contribution in [1.82, 2.24) is 9.66 Å². The average molecular weight is 452 g/mol. The highest BCUT2D eigenvalue weighted by atomic mass is 16.1. The van der Waals surface area contributed by atoms with Crippen LogP contribution in [0.3, 0.4) is 0 Å². The highest BCUT2D eigenvalue weighted by Crippen LogP contribution is 2.25. The fourth-order valence-corrected chi connectivity index (χ4v) is 3.72. The molecule has 2 aromatic rings. The van der Waals surface area contributed by atoms with Crippen LogP contribution >= 0.6 is 0 Å². The monoisotopic (exact) mass is 451 g/mol. The molecule has 0 aliphatic heterocycles. The molecule has 0 fully saturated rings. The first-order chi connectivity index (χ1) is 15.6. The Hall–Kier alpha value is -2.76. The Balaban J connectivity index is 2.61. The number of hydrogen-bond acceptors (Lipinski definition) is 5. The maximum atomic E-state index is 13.5. The SMILES string of the molecule is CCC(C)/C=N/n1c(C=Nc2ccc(N(CC)CC)cc2C)nc(C(C)C)c(C(C)C)c1=O. The molecule has 0 spiro atoms. The minimum atomic E-state index is -0.113. The minimum absolute atomic E-state index is 0.0632. The second-order valence-corrected chi connectivity index (χ2v) is 9.25. The Morgan fingerprint density at radius 3 is 2.24 bits per heavy atom. The molecule has 1 heterocycles. The van der Waals surface area contributed by atoms with Crippen LogP contribution in [0.5, 0.6) is 0 Å². The molecule has 6 heteroatoms. The van der Waals surface area contributed by atoms with Gasteiger partial charge in [-0.3, -0.25) is 9.79 Å². The van der Waals surface area contributed by atoms with E-state index >= 15 is 0 Å². The summed E-state index contributed by atoms with van der Waals surface area (Å²) in [5.41, 5.74) is 4.56. The van der Waals surface area contributed by atoms with Crippen molar-refractivity contribution in [3.05, 3.63) is 51.2 Å². The van der Waals surface area contributed by atoms with Gasteiger partial charge in [-0.2, -0.15) is 9.78 Å². The van der Waals surface area contributed by atoms with Gasteiger partial charge in [-0.05, 0) is 68.7 Å². The molecule has 1 unspecified atom stereocenters. The summed E-state index contributed by atoms with van der Waals surface area (Å²) in [5.74, 6) is 0.919. The summed E-state index contributed by atoms with van der Waals surface area (Å²) in [6.07, 6.45) is 4.45. The zero-order valence-electron chi connectivity index (χ0n) is 21.9. The summed E-state index contributed by atoms with van der Waals surface area (Å²) in [5, 5.41) is 4.53. The number of hydrogen-bond donors (Lipinski definition) is 0. The van der Waals surface area contributed by atoms with Gasteiger partial charge in [-0.25, -0.2) is 4.98 Å². The van der Waals surface area contributed by atoms with Gasteiger partial charge in [0.2, 0.25) is 0 Å². The number of anilines is 1. The van der Waals surface area contributed by atoms with E-state index in [4.69, 9.17) is 9.98 Å². The molecular formula is C27H41N5O. The quantitative estimate of drug-likeness (QED) is 0.400. The number of benzene rings is 1. The molecule has 0 saturated carbocycles. The topological polar surface area (TPSA) is 62.9 Å². The molecule has 2 rings (SSSR count). The number of aryl methyl sites for hydroxylation is 1. The van der Waals surface area contributed by atoms with E-state index in [9.17, 15) is 4.79 Å². The van der Waals surface area contributed by atoms with Gasteiger partial charge in [0.05, 0.1) is 17.6 Å². The molecule has 0 radical (unpaired) electrons. The smallest absolute Gasteiger partial charge is 0.278 e. The largest absolute Gasteiger partial charge is 0.372 e. The van der Waals surface area contributed by atoms with Crippen LogP contribution in [0.25, 0.3) is 0 Å². The third-order valence-corrected chi connectivity index (χ3v) is 5.98. The fourth-order valence-electron chi connectivity index (χ4n) is 3.72. The zero-order valence-corrected chi connectivity index (χ0v) is 21.9. The van der Waals surface area contributed by atoms with E-state index < -0.39 is 0 Å². The second-order valence-electron chi connectivity index (χ2n) is 9.25. The molecule has 0 aliphatic rings. The van der Waals surface area contributed by atoms with Gasteiger partial charge in [0.1, 0.15) is 0 Å². The van der Waals surface area contributed by atoms with E-state index in [-0.39, 0.29) is 23.3 Å².